The summed E-state index contributed by atoms with van der Waals surface area (Å²) in [7, 11) is 0. The molecular weight excluding hydrogens is 206 g/mol. The van der Waals surface area contributed by atoms with Gasteiger partial charge in [0.1, 0.15) is 5.60 Å². The maximum absolute atomic E-state index is 11.4. The van der Waals surface area contributed by atoms with E-state index in [0.717, 1.165) is 12.8 Å². The van der Waals surface area contributed by atoms with Crippen molar-refractivity contribution in [3.05, 3.63) is 0 Å². The molecule has 1 atom stereocenters. The van der Waals surface area contributed by atoms with Crippen molar-refractivity contribution in [2.45, 2.75) is 58.2 Å². The minimum absolute atomic E-state index is 0.257. The second kappa shape index (κ2) is 4.62. The third kappa shape index (κ3) is 4.00. The Balaban J connectivity index is 2.30. The second-order valence-electron chi connectivity index (χ2n) is 5.84. The molecule has 0 heterocycles. The van der Waals surface area contributed by atoms with Crippen molar-refractivity contribution < 1.29 is 14.6 Å². The van der Waals surface area contributed by atoms with Gasteiger partial charge in [-0.3, -0.25) is 0 Å². The van der Waals surface area contributed by atoms with Crippen LogP contribution in [0.3, 0.4) is 0 Å². The van der Waals surface area contributed by atoms with Crippen molar-refractivity contribution in [3.8, 4) is 0 Å². The van der Waals surface area contributed by atoms with Crippen molar-refractivity contribution >= 4 is 6.09 Å². The first-order valence-corrected chi connectivity index (χ1v) is 5.90. The summed E-state index contributed by atoms with van der Waals surface area (Å²) in [6.07, 6.45) is 2.80. The third-order valence-corrected chi connectivity index (χ3v) is 2.97. The summed E-state index contributed by atoms with van der Waals surface area (Å²) < 4.78 is 5.10. The molecule has 0 saturated heterocycles. The maximum Gasteiger partial charge on any atom is 0.407 e. The summed E-state index contributed by atoms with van der Waals surface area (Å²) in [5.41, 5.74) is -1.30. The fourth-order valence-electron chi connectivity index (χ4n) is 1.74. The Labute approximate surface area is 97.4 Å². The van der Waals surface area contributed by atoms with Gasteiger partial charge >= 0.3 is 6.09 Å². The van der Waals surface area contributed by atoms with Gasteiger partial charge in [0.15, 0.2) is 0 Å². The number of aliphatic hydroxyl groups is 1. The average molecular weight is 229 g/mol. The largest absolute Gasteiger partial charge is 0.444 e. The smallest absolute Gasteiger partial charge is 0.407 e. The van der Waals surface area contributed by atoms with E-state index in [2.05, 4.69) is 5.32 Å². The molecule has 4 nitrogen and oxygen atoms in total. The zero-order valence-electron chi connectivity index (χ0n) is 10.7. The molecule has 1 saturated carbocycles. The average Bonchev–Trinajstić information content (AvgIpc) is 1.93. The predicted molar refractivity (Wildman–Crippen MR) is 62.2 cm³/mol. The molecule has 0 radical (unpaired) electrons. The fraction of sp³-hybridized carbons (Fsp3) is 0.917. The Morgan fingerprint density at radius 1 is 1.38 bits per heavy atom. The summed E-state index contributed by atoms with van der Waals surface area (Å²) in [5, 5.41) is 12.7. The highest BCUT2D eigenvalue weighted by molar-refractivity contribution is 5.67. The van der Waals surface area contributed by atoms with Crippen LogP contribution >= 0.6 is 0 Å². The van der Waals surface area contributed by atoms with Gasteiger partial charge in [0.05, 0.1) is 5.60 Å². The monoisotopic (exact) mass is 229 g/mol. The molecule has 4 heteroatoms. The van der Waals surface area contributed by atoms with E-state index in [9.17, 15) is 9.90 Å². The highest BCUT2D eigenvalue weighted by atomic mass is 16.6. The molecule has 1 rings (SSSR count). The number of rotatable bonds is 3. The Kier molecular flexibility index (Phi) is 3.84. The summed E-state index contributed by atoms with van der Waals surface area (Å²) in [4.78, 5) is 11.4. The normalized spacial score (nSPS) is 20.8. The lowest BCUT2D eigenvalue weighted by Gasteiger charge is -2.39. The van der Waals surface area contributed by atoms with E-state index in [1.807, 2.05) is 20.8 Å². The summed E-state index contributed by atoms with van der Waals surface area (Å²) in [6, 6.07) is 0. The topological polar surface area (TPSA) is 58.6 Å². The van der Waals surface area contributed by atoms with Crippen molar-refractivity contribution in [3.63, 3.8) is 0 Å². The molecule has 1 aliphatic rings. The molecule has 0 bridgehead atoms. The summed E-state index contributed by atoms with van der Waals surface area (Å²) in [6.45, 7) is 7.48. The van der Waals surface area contributed by atoms with Gasteiger partial charge in [-0.25, -0.2) is 4.79 Å². The van der Waals surface area contributed by atoms with Gasteiger partial charge in [-0.1, -0.05) is 6.42 Å². The maximum atomic E-state index is 11.4. The van der Waals surface area contributed by atoms with E-state index in [-0.39, 0.29) is 6.54 Å². The van der Waals surface area contributed by atoms with Gasteiger partial charge in [0, 0.05) is 6.54 Å². The predicted octanol–water partition coefficient (Wildman–Crippen LogP) is 2.06. The minimum atomic E-state index is -0.810. The molecule has 1 fully saturated rings. The number of nitrogens with one attached hydrogen (secondary N) is 1. The fourth-order valence-corrected chi connectivity index (χ4v) is 1.74. The lowest BCUT2D eigenvalue weighted by atomic mass is 9.74. The van der Waals surface area contributed by atoms with Gasteiger partial charge in [0.25, 0.3) is 0 Å². The molecule has 1 aliphatic carbocycles. The van der Waals surface area contributed by atoms with E-state index >= 15 is 0 Å². The number of alkyl carbamates (subject to hydrolysis) is 1. The highest BCUT2D eigenvalue weighted by Gasteiger charge is 2.36. The van der Waals surface area contributed by atoms with Gasteiger partial charge in [-0.2, -0.15) is 0 Å². The number of ether oxygens (including phenoxy) is 1. The van der Waals surface area contributed by atoms with Gasteiger partial charge < -0.3 is 15.2 Å². The molecule has 16 heavy (non-hydrogen) atoms. The van der Waals surface area contributed by atoms with Crippen LogP contribution in [0.2, 0.25) is 0 Å². The minimum Gasteiger partial charge on any atom is -0.444 e. The van der Waals surface area contributed by atoms with Crippen molar-refractivity contribution in [2.75, 3.05) is 6.54 Å². The van der Waals surface area contributed by atoms with Crippen molar-refractivity contribution in [2.24, 2.45) is 5.92 Å². The first kappa shape index (κ1) is 13.3. The van der Waals surface area contributed by atoms with E-state index < -0.39 is 17.3 Å². The zero-order valence-corrected chi connectivity index (χ0v) is 10.7. The van der Waals surface area contributed by atoms with Crippen LogP contribution in [0, 0.1) is 5.92 Å². The molecule has 0 aromatic carbocycles. The van der Waals surface area contributed by atoms with Crippen LogP contribution < -0.4 is 5.32 Å². The molecule has 2 N–H and O–H groups in total. The van der Waals surface area contributed by atoms with E-state index in [4.69, 9.17) is 4.74 Å². The number of hydrogen-bond acceptors (Lipinski definition) is 3. The van der Waals surface area contributed by atoms with E-state index in [1.54, 1.807) is 6.92 Å². The van der Waals surface area contributed by atoms with Crippen LogP contribution in [-0.4, -0.2) is 28.9 Å². The number of carbonyl (C=O) groups is 1. The first-order valence-electron chi connectivity index (χ1n) is 5.90. The lowest BCUT2D eigenvalue weighted by molar-refractivity contribution is -0.0351. The highest BCUT2D eigenvalue weighted by Crippen LogP contribution is 2.35. The summed E-state index contributed by atoms with van der Waals surface area (Å²) in [5.74, 6) is 0.308. The quantitative estimate of drug-likeness (QED) is 0.778. The molecule has 0 spiro atoms. The summed E-state index contributed by atoms with van der Waals surface area (Å²) >= 11 is 0. The van der Waals surface area contributed by atoms with Crippen molar-refractivity contribution in [1.82, 2.24) is 5.32 Å². The molecule has 1 amide bonds. The van der Waals surface area contributed by atoms with Crippen LogP contribution in [0.1, 0.15) is 47.0 Å². The number of hydrogen-bond donors (Lipinski definition) is 2. The van der Waals surface area contributed by atoms with Crippen molar-refractivity contribution in [1.29, 1.82) is 0 Å². The molecule has 1 unspecified atom stereocenters. The molecule has 94 valence electrons. The zero-order chi connectivity index (χ0) is 12.4. The second-order valence-corrected chi connectivity index (χ2v) is 5.84. The Morgan fingerprint density at radius 2 is 1.94 bits per heavy atom. The van der Waals surface area contributed by atoms with Gasteiger partial charge in [-0.15, -0.1) is 0 Å². The van der Waals surface area contributed by atoms with Crippen LogP contribution in [0.25, 0.3) is 0 Å². The number of carbonyl (C=O) groups excluding carboxylic acids is 1. The van der Waals surface area contributed by atoms with Crippen LogP contribution in [0.15, 0.2) is 0 Å². The molecule has 0 aromatic rings. The van der Waals surface area contributed by atoms with Gasteiger partial charge in [-0.05, 0) is 46.5 Å². The van der Waals surface area contributed by atoms with E-state index in [1.165, 1.54) is 6.42 Å². The Hall–Kier alpha value is -0.770. The van der Waals surface area contributed by atoms with Gasteiger partial charge in [0.2, 0.25) is 0 Å². The number of amides is 1. The Morgan fingerprint density at radius 3 is 2.31 bits per heavy atom. The van der Waals surface area contributed by atoms with E-state index in [0.29, 0.717) is 5.92 Å². The SMILES string of the molecule is CC(C)(C)OC(=O)NCC(C)(O)C1CCC1. The molecule has 0 aliphatic heterocycles. The van der Waals surface area contributed by atoms with Crippen LogP contribution in [0.5, 0.6) is 0 Å². The lowest BCUT2D eigenvalue weighted by Crippen LogP contribution is -2.49. The first-order chi connectivity index (χ1) is 7.21. The van der Waals surface area contributed by atoms with Crippen LogP contribution in [0.4, 0.5) is 4.79 Å². The standard InChI is InChI=1S/C12H23NO3/c1-11(2,3)16-10(14)13-8-12(4,15)9-6-5-7-9/h9,15H,5-8H2,1-4H3,(H,13,14). The molecular formula is C12H23NO3. The Bertz CT molecular complexity index is 251. The van der Waals surface area contributed by atoms with Crippen LogP contribution in [-0.2, 0) is 4.74 Å². The third-order valence-electron chi connectivity index (χ3n) is 2.97. The molecule has 0 aromatic heterocycles.